The molecule has 4 nitrogen and oxygen atoms in total. The van der Waals surface area contributed by atoms with E-state index in [-0.39, 0.29) is 11.8 Å². The van der Waals surface area contributed by atoms with Gasteiger partial charge >= 0.3 is 0 Å². The zero-order chi connectivity index (χ0) is 15.8. The molecule has 1 aromatic heterocycles. The molecule has 2 heterocycles. The summed E-state index contributed by atoms with van der Waals surface area (Å²) in [7, 11) is 0. The van der Waals surface area contributed by atoms with E-state index in [1.807, 2.05) is 48.5 Å². The molecule has 23 heavy (non-hydrogen) atoms. The van der Waals surface area contributed by atoms with Gasteiger partial charge in [0, 0.05) is 18.0 Å². The molecule has 2 N–H and O–H groups in total. The van der Waals surface area contributed by atoms with Gasteiger partial charge in [0.05, 0.1) is 5.92 Å². The highest BCUT2D eigenvalue weighted by molar-refractivity contribution is 5.90. The lowest BCUT2D eigenvalue weighted by Crippen LogP contribution is -2.21. The Morgan fingerprint density at radius 1 is 1.04 bits per heavy atom. The molecular formula is C19H13N3O. The first-order chi connectivity index (χ1) is 11.3. The Kier molecular flexibility index (Phi) is 2.99. The molecule has 4 heteroatoms. The normalized spacial score (nSPS) is 16.6. The second kappa shape index (κ2) is 5.15. The van der Waals surface area contributed by atoms with Crippen LogP contribution in [0.2, 0.25) is 0 Å². The summed E-state index contributed by atoms with van der Waals surface area (Å²) in [6, 6.07) is 18.0. The van der Waals surface area contributed by atoms with E-state index in [1.165, 1.54) is 0 Å². The Labute approximate surface area is 133 Å². The zero-order valence-corrected chi connectivity index (χ0v) is 12.2. The molecule has 1 aliphatic rings. The minimum absolute atomic E-state index is 0.164. The number of fused-ring (bicyclic) bond motifs is 3. The number of aromatic nitrogens is 1. The van der Waals surface area contributed by atoms with Gasteiger partial charge in [-0.15, -0.1) is 0 Å². The van der Waals surface area contributed by atoms with Crippen molar-refractivity contribution in [3.05, 3.63) is 83.5 Å². The molecule has 0 saturated heterocycles. The third-order valence-electron chi connectivity index (χ3n) is 4.15. The molecule has 0 amide bonds. The summed E-state index contributed by atoms with van der Waals surface area (Å²) >= 11 is 0. The van der Waals surface area contributed by atoms with Gasteiger partial charge in [0.1, 0.15) is 17.4 Å². The number of nitrogens with two attached hydrogens (primary N) is 1. The second-order valence-electron chi connectivity index (χ2n) is 5.40. The standard InChI is InChI=1S/C19H13N3O/c20-11-15-17(13-7-9-22-10-8-13)18-14-4-2-1-3-12(14)5-6-16(18)23-19(15)21/h1-10,17H,21H2/t17-/m0/s1. The molecule has 0 aliphatic carbocycles. The Bertz CT molecular complexity index is 971. The third kappa shape index (κ3) is 2.02. The summed E-state index contributed by atoms with van der Waals surface area (Å²) in [4.78, 5) is 4.07. The number of rotatable bonds is 1. The Balaban J connectivity index is 2.08. The SMILES string of the molecule is N#CC1=C(N)Oc2ccc3ccccc3c2[C@H]1c1ccncc1. The van der Waals surface area contributed by atoms with Crippen LogP contribution in [0.1, 0.15) is 17.0 Å². The second-order valence-corrected chi connectivity index (χ2v) is 5.40. The lowest BCUT2D eigenvalue weighted by atomic mass is 9.81. The summed E-state index contributed by atoms with van der Waals surface area (Å²) in [6.07, 6.45) is 3.45. The van der Waals surface area contributed by atoms with Crippen LogP contribution < -0.4 is 10.5 Å². The topological polar surface area (TPSA) is 71.9 Å². The fraction of sp³-hybridized carbons (Fsp3) is 0.0526. The van der Waals surface area contributed by atoms with E-state index < -0.39 is 0 Å². The number of allylic oxidation sites excluding steroid dienone is 1. The number of hydrogen-bond donors (Lipinski definition) is 1. The first-order valence-electron chi connectivity index (χ1n) is 7.29. The van der Waals surface area contributed by atoms with E-state index in [9.17, 15) is 5.26 Å². The Morgan fingerprint density at radius 3 is 2.61 bits per heavy atom. The van der Waals surface area contributed by atoms with Crippen molar-refractivity contribution in [1.82, 2.24) is 4.98 Å². The van der Waals surface area contributed by atoms with Gasteiger partial charge in [-0.05, 0) is 34.5 Å². The van der Waals surface area contributed by atoms with Crippen LogP contribution in [0.25, 0.3) is 10.8 Å². The molecule has 1 atom stereocenters. The first kappa shape index (κ1) is 13.4. The summed E-state index contributed by atoms with van der Waals surface area (Å²) in [5.41, 5.74) is 8.37. The van der Waals surface area contributed by atoms with Gasteiger partial charge in [0.25, 0.3) is 0 Å². The Hall–Kier alpha value is -3.32. The van der Waals surface area contributed by atoms with Crippen molar-refractivity contribution >= 4 is 10.8 Å². The van der Waals surface area contributed by atoms with Gasteiger partial charge in [0.15, 0.2) is 0 Å². The van der Waals surface area contributed by atoms with Crippen LogP contribution in [0, 0.1) is 11.3 Å². The lowest BCUT2D eigenvalue weighted by molar-refractivity contribution is 0.395. The monoisotopic (exact) mass is 299 g/mol. The molecule has 3 aromatic rings. The molecule has 1 aliphatic heterocycles. The molecule has 0 unspecified atom stereocenters. The van der Waals surface area contributed by atoms with E-state index in [4.69, 9.17) is 10.5 Å². The fourth-order valence-corrected chi connectivity index (χ4v) is 3.13. The van der Waals surface area contributed by atoms with Crippen molar-refractivity contribution in [2.24, 2.45) is 5.73 Å². The number of nitriles is 1. The molecule has 0 saturated carbocycles. The largest absolute Gasteiger partial charge is 0.440 e. The van der Waals surface area contributed by atoms with Gasteiger partial charge in [-0.3, -0.25) is 4.98 Å². The average molecular weight is 299 g/mol. The van der Waals surface area contributed by atoms with Gasteiger partial charge in [0.2, 0.25) is 5.88 Å². The fourth-order valence-electron chi connectivity index (χ4n) is 3.13. The average Bonchev–Trinajstić information content (AvgIpc) is 2.61. The molecule has 110 valence electrons. The molecule has 0 fully saturated rings. The Morgan fingerprint density at radius 2 is 1.83 bits per heavy atom. The molecule has 2 aromatic carbocycles. The highest BCUT2D eigenvalue weighted by atomic mass is 16.5. The molecule has 4 rings (SSSR count). The van der Waals surface area contributed by atoms with E-state index >= 15 is 0 Å². The van der Waals surface area contributed by atoms with Crippen LogP contribution in [0.3, 0.4) is 0 Å². The number of pyridine rings is 1. The number of benzene rings is 2. The number of hydrogen-bond acceptors (Lipinski definition) is 4. The number of nitrogens with zero attached hydrogens (tertiary/aromatic N) is 2. The lowest BCUT2D eigenvalue weighted by Gasteiger charge is -2.27. The van der Waals surface area contributed by atoms with Gasteiger partial charge in [-0.2, -0.15) is 5.26 Å². The molecule has 0 radical (unpaired) electrons. The molecule has 0 bridgehead atoms. The van der Waals surface area contributed by atoms with Gasteiger partial charge < -0.3 is 10.5 Å². The maximum atomic E-state index is 9.61. The van der Waals surface area contributed by atoms with E-state index in [0.717, 1.165) is 21.9 Å². The highest BCUT2D eigenvalue weighted by Gasteiger charge is 2.31. The van der Waals surface area contributed by atoms with E-state index in [1.54, 1.807) is 12.4 Å². The third-order valence-corrected chi connectivity index (χ3v) is 4.15. The van der Waals surface area contributed by atoms with Crippen LogP contribution in [0.4, 0.5) is 0 Å². The predicted molar refractivity (Wildman–Crippen MR) is 87.5 cm³/mol. The van der Waals surface area contributed by atoms with Crippen LogP contribution in [0.5, 0.6) is 5.75 Å². The van der Waals surface area contributed by atoms with Crippen LogP contribution >= 0.6 is 0 Å². The van der Waals surface area contributed by atoms with Gasteiger partial charge in [-0.25, -0.2) is 0 Å². The van der Waals surface area contributed by atoms with Crippen LogP contribution in [-0.4, -0.2) is 4.98 Å². The highest BCUT2D eigenvalue weighted by Crippen LogP contribution is 2.45. The van der Waals surface area contributed by atoms with E-state index in [0.29, 0.717) is 11.3 Å². The quantitative estimate of drug-likeness (QED) is 0.747. The first-order valence-corrected chi connectivity index (χ1v) is 7.29. The van der Waals surface area contributed by atoms with Crippen molar-refractivity contribution in [2.45, 2.75) is 5.92 Å². The minimum Gasteiger partial charge on any atom is -0.440 e. The molecular weight excluding hydrogens is 286 g/mol. The maximum absolute atomic E-state index is 9.61. The van der Waals surface area contributed by atoms with Crippen molar-refractivity contribution in [1.29, 1.82) is 5.26 Å². The van der Waals surface area contributed by atoms with Crippen molar-refractivity contribution in [2.75, 3.05) is 0 Å². The molecule has 0 spiro atoms. The smallest absolute Gasteiger partial charge is 0.205 e. The summed E-state index contributed by atoms with van der Waals surface area (Å²) < 4.78 is 5.71. The van der Waals surface area contributed by atoms with Crippen LogP contribution in [0.15, 0.2) is 72.4 Å². The van der Waals surface area contributed by atoms with Crippen LogP contribution in [-0.2, 0) is 0 Å². The van der Waals surface area contributed by atoms with Crippen molar-refractivity contribution in [3.8, 4) is 11.8 Å². The van der Waals surface area contributed by atoms with Crippen molar-refractivity contribution in [3.63, 3.8) is 0 Å². The summed E-state index contributed by atoms with van der Waals surface area (Å²) in [5.74, 6) is 0.608. The zero-order valence-electron chi connectivity index (χ0n) is 12.2. The van der Waals surface area contributed by atoms with Gasteiger partial charge in [-0.1, -0.05) is 30.3 Å². The van der Waals surface area contributed by atoms with Crippen molar-refractivity contribution < 1.29 is 4.74 Å². The minimum atomic E-state index is -0.252. The number of ether oxygens (including phenoxy) is 1. The predicted octanol–water partition coefficient (Wildman–Crippen LogP) is 3.45. The maximum Gasteiger partial charge on any atom is 0.205 e. The summed E-state index contributed by atoms with van der Waals surface area (Å²) in [6.45, 7) is 0. The summed E-state index contributed by atoms with van der Waals surface area (Å²) in [5, 5.41) is 11.8. The van der Waals surface area contributed by atoms with E-state index in [2.05, 4.69) is 11.1 Å².